The zero-order chi connectivity index (χ0) is 16.0. The molecule has 0 spiro atoms. The average molecular weight is 389 g/mol. The molecule has 0 saturated carbocycles. The Hall–Kier alpha value is -1.62. The van der Waals surface area contributed by atoms with E-state index in [0.29, 0.717) is 3.79 Å². The minimum atomic E-state index is -4.58. The van der Waals surface area contributed by atoms with Crippen LogP contribution in [-0.2, 0) is 9.53 Å². The summed E-state index contributed by atoms with van der Waals surface area (Å²) in [5.41, 5.74) is 0. The molecule has 0 fully saturated rings. The summed E-state index contributed by atoms with van der Waals surface area (Å²) in [7, 11) is 0. The summed E-state index contributed by atoms with van der Waals surface area (Å²) in [4.78, 5) is 33.8. The molecule has 0 aliphatic rings. The molecule has 1 aromatic rings. The third-order valence-corrected chi connectivity index (χ3v) is 3.41. The molecule has 1 heterocycles. The van der Waals surface area contributed by atoms with E-state index in [4.69, 9.17) is 0 Å². The minimum Gasteiger partial charge on any atom is -0.451 e. The normalized spacial score (nSPS) is 10.9. The lowest BCUT2D eigenvalue weighted by molar-refractivity contribution is -0.125. The van der Waals surface area contributed by atoms with Gasteiger partial charge in [-0.05, 0) is 28.1 Å². The zero-order valence-electron chi connectivity index (χ0n) is 10.1. The molecule has 0 unspecified atom stereocenters. The molecule has 0 aliphatic carbocycles. The van der Waals surface area contributed by atoms with Crippen molar-refractivity contribution in [3.63, 3.8) is 0 Å². The van der Waals surface area contributed by atoms with E-state index < -0.39 is 37.2 Å². The number of urea groups is 1. The number of alkyl halides is 3. The number of ether oxygens (including phenoxy) is 1. The van der Waals surface area contributed by atoms with Crippen molar-refractivity contribution in [3.8, 4) is 0 Å². The number of halogens is 4. The van der Waals surface area contributed by atoms with Gasteiger partial charge < -0.3 is 10.1 Å². The quantitative estimate of drug-likeness (QED) is 0.773. The highest BCUT2D eigenvalue weighted by Gasteiger charge is 2.28. The van der Waals surface area contributed by atoms with Crippen LogP contribution in [0, 0.1) is 0 Å². The second-order valence-corrected chi connectivity index (χ2v) is 5.99. The molecule has 6 nitrogen and oxygen atoms in total. The predicted octanol–water partition coefficient (Wildman–Crippen LogP) is 2.06. The van der Waals surface area contributed by atoms with Crippen molar-refractivity contribution in [1.29, 1.82) is 0 Å². The fourth-order valence-electron chi connectivity index (χ4n) is 1.01. The van der Waals surface area contributed by atoms with Gasteiger partial charge in [-0.25, -0.2) is 9.59 Å². The summed E-state index contributed by atoms with van der Waals surface area (Å²) in [6, 6.07) is 1.74. The Morgan fingerprint density at radius 3 is 2.48 bits per heavy atom. The standard InChI is InChI=1S/C10H8BrF3N2O4S/c11-6-2-1-5(21-6)8(18)20-3-7(17)16-9(19)15-4-10(12,13)14/h1-2H,3-4H2,(H2,15,16,17,19). The first kappa shape index (κ1) is 17.4. The number of rotatable bonds is 4. The van der Waals surface area contributed by atoms with Crippen LogP contribution >= 0.6 is 27.3 Å². The largest absolute Gasteiger partial charge is 0.451 e. The van der Waals surface area contributed by atoms with Crippen LogP contribution in [0.5, 0.6) is 0 Å². The van der Waals surface area contributed by atoms with Crippen molar-refractivity contribution in [2.24, 2.45) is 0 Å². The van der Waals surface area contributed by atoms with E-state index >= 15 is 0 Å². The molecule has 116 valence electrons. The van der Waals surface area contributed by atoms with Gasteiger partial charge in [0.2, 0.25) is 0 Å². The van der Waals surface area contributed by atoms with Gasteiger partial charge in [-0.2, -0.15) is 13.2 Å². The number of hydrogen-bond acceptors (Lipinski definition) is 5. The Kier molecular flexibility index (Phi) is 6.15. The highest BCUT2D eigenvalue weighted by molar-refractivity contribution is 9.11. The van der Waals surface area contributed by atoms with Crippen LogP contribution in [0.2, 0.25) is 0 Å². The molecule has 11 heteroatoms. The Labute approximate surface area is 128 Å². The van der Waals surface area contributed by atoms with Crippen LogP contribution in [0.1, 0.15) is 9.67 Å². The molecule has 1 aromatic heterocycles. The molecular formula is C10H8BrF3N2O4S. The van der Waals surface area contributed by atoms with Crippen LogP contribution in [-0.4, -0.2) is 37.2 Å². The topological polar surface area (TPSA) is 84.5 Å². The van der Waals surface area contributed by atoms with Crippen LogP contribution in [0.3, 0.4) is 0 Å². The molecular weight excluding hydrogens is 381 g/mol. The number of amides is 3. The first-order valence-electron chi connectivity index (χ1n) is 5.24. The van der Waals surface area contributed by atoms with Gasteiger partial charge in [0, 0.05) is 0 Å². The number of imide groups is 1. The molecule has 21 heavy (non-hydrogen) atoms. The number of nitrogens with one attached hydrogen (secondary N) is 2. The molecule has 2 N–H and O–H groups in total. The molecule has 1 rings (SSSR count). The van der Waals surface area contributed by atoms with Gasteiger partial charge >= 0.3 is 18.2 Å². The lowest BCUT2D eigenvalue weighted by Gasteiger charge is -2.09. The van der Waals surface area contributed by atoms with Gasteiger partial charge in [0.1, 0.15) is 11.4 Å². The second-order valence-electron chi connectivity index (χ2n) is 3.53. The fourth-order valence-corrected chi connectivity index (χ4v) is 2.29. The molecule has 0 aromatic carbocycles. The van der Waals surface area contributed by atoms with E-state index in [0.717, 1.165) is 11.3 Å². The smallest absolute Gasteiger partial charge is 0.405 e. The fraction of sp³-hybridized carbons (Fsp3) is 0.300. The van der Waals surface area contributed by atoms with Gasteiger partial charge in [-0.1, -0.05) is 0 Å². The van der Waals surface area contributed by atoms with Crippen LogP contribution in [0.15, 0.2) is 15.9 Å². The third-order valence-electron chi connectivity index (χ3n) is 1.81. The summed E-state index contributed by atoms with van der Waals surface area (Å²) >= 11 is 4.21. The van der Waals surface area contributed by atoms with Crippen LogP contribution in [0.4, 0.5) is 18.0 Å². The van der Waals surface area contributed by atoms with E-state index in [1.54, 1.807) is 11.4 Å². The summed E-state index contributed by atoms with van der Waals surface area (Å²) in [6.07, 6.45) is -4.58. The maximum absolute atomic E-state index is 11.8. The summed E-state index contributed by atoms with van der Waals surface area (Å²) in [5.74, 6) is -1.82. The van der Waals surface area contributed by atoms with Crippen molar-refractivity contribution in [2.45, 2.75) is 6.18 Å². The van der Waals surface area contributed by atoms with Crippen molar-refractivity contribution >= 4 is 45.2 Å². The van der Waals surface area contributed by atoms with Crippen molar-refractivity contribution in [3.05, 3.63) is 20.8 Å². The van der Waals surface area contributed by atoms with E-state index in [-0.39, 0.29) is 4.88 Å². The Morgan fingerprint density at radius 2 is 1.95 bits per heavy atom. The Bertz CT molecular complexity index is 547. The number of thiophene rings is 1. The first-order valence-corrected chi connectivity index (χ1v) is 6.85. The van der Waals surface area contributed by atoms with E-state index in [1.165, 1.54) is 11.4 Å². The summed E-state index contributed by atoms with van der Waals surface area (Å²) < 4.78 is 40.7. The van der Waals surface area contributed by atoms with Crippen LogP contribution < -0.4 is 10.6 Å². The van der Waals surface area contributed by atoms with Crippen LogP contribution in [0.25, 0.3) is 0 Å². The SMILES string of the molecule is O=C(COC(=O)c1ccc(Br)s1)NC(=O)NCC(F)(F)F. The third kappa shape index (κ3) is 7.09. The summed E-state index contributed by atoms with van der Waals surface area (Å²) in [5, 5.41) is 3.03. The molecule has 0 aliphatic heterocycles. The molecule has 3 amide bonds. The number of carbonyl (C=O) groups excluding carboxylic acids is 3. The highest BCUT2D eigenvalue weighted by Crippen LogP contribution is 2.22. The monoisotopic (exact) mass is 388 g/mol. The number of carbonyl (C=O) groups is 3. The highest BCUT2D eigenvalue weighted by atomic mass is 79.9. The second kappa shape index (κ2) is 7.41. The van der Waals surface area contributed by atoms with Gasteiger partial charge in [0.05, 0.1) is 3.79 Å². The van der Waals surface area contributed by atoms with Gasteiger partial charge in [0.15, 0.2) is 6.61 Å². The van der Waals surface area contributed by atoms with E-state index in [2.05, 4.69) is 20.7 Å². The average Bonchev–Trinajstić information content (AvgIpc) is 2.79. The first-order chi connectivity index (χ1) is 9.67. The van der Waals surface area contributed by atoms with E-state index in [1.807, 2.05) is 0 Å². The molecule has 0 radical (unpaired) electrons. The zero-order valence-corrected chi connectivity index (χ0v) is 12.5. The Balaban J connectivity index is 2.31. The van der Waals surface area contributed by atoms with Gasteiger partial charge in [-0.15, -0.1) is 11.3 Å². The van der Waals surface area contributed by atoms with Gasteiger partial charge in [0.25, 0.3) is 5.91 Å². The predicted molar refractivity (Wildman–Crippen MR) is 69.9 cm³/mol. The van der Waals surface area contributed by atoms with Crippen molar-refractivity contribution in [2.75, 3.05) is 13.2 Å². The lowest BCUT2D eigenvalue weighted by atomic mass is 10.5. The number of esters is 1. The summed E-state index contributed by atoms with van der Waals surface area (Å²) in [6.45, 7) is -2.36. The minimum absolute atomic E-state index is 0.233. The van der Waals surface area contributed by atoms with Gasteiger partial charge in [-0.3, -0.25) is 10.1 Å². The molecule has 0 atom stereocenters. The van der Waals surface area contributed by atoms with Crippen molar-refractivity contribution < 1.29 is 32.3 Å². The number of hydrogen-bond donors (Lipinski definition) is 2. The van der Waals surface area contributed by atoms with Crippen molar-refractivity contribution in [1.82, 2.24) is 10.6 Å². The maximum Gasteiger partial charge on any atom is 0.405 e. The molecule has 0 saturated heterocycles. The van der Waals surface area contributed by atoms with E-state index in [9.17, 15) is 27.6 Å². The Morgan fingerprint density at radius 1 is 1.29 bits per heavy atom. The lowest BCUT2D eigenvalue weighted by Crippen LogP contribution is -2.44. The molecule has 0 bridgehead atoms. The maximum atomic E-state index is 11.8.